The van der Waals surface area contributed by atoms with Crippen molar-refractivity contribution in [2.75, 3.05) is 13.2 Å². The Hall–Kier alpha value is -3.19. The number of benzene rings is 2. The zero-order valence-corrected chi connectivity index (χ0v) is 20.7. The fourth-order valence-electron chi connectivity index (χ4n) is 5.22. The molecule has 7 nitrogen and oxygen atoms in total. The number of cyclic esters (lactones) is 1. The van der Waals surface area contributed by atoms with Gasteiger partial charge in [-0.15, -0.1) is 0 Å². The minimum absolute atomic E-state index is 0.0253. The molecular formula is C28H33NO6. The fraction of sp³-hybridized carbons (Fsp3) is 0.464. The van der Waals surface area contributed by atoms with E-state index >= 15 is 0 Å². The summed E-state index contributed by atoms with van der Waals surface area (Å²) < 4.78 is 17.4. The zero-order valence-electron chi connectivity index (χ0n) is 20.7. The second-order valence-electron chi connectivity index (χ2n) is 9.63. The van der Waals surface area contributed by atoms with Crippen LogP contribution >= 0.6 is 0 Å². The summed E-state index contributed by atoms with van der Waals surface area (Å²) in [6.45, 7) is 7.85. The molecule has 0 aliphatic carbocycles. The summed E-state index contributed by atoms with van der Waals surface area (Å²) in [6.07, 6.45) is -1.13. The average Bonchev–Trinajstić information content (AvgIpc) is 3.38. The molecule has 2 aliphatic rings. The molecule has 5 atom stereocenters. The molecule has 0 unspecified atom stereocenters. The van der Waals surface area contributed by atoms with Gasteiger partial charge in [-0.25, -0.2) is 14.5 Å². The van der Waals surface area contributed by atoms with Crippen molar-refractivity contribution < 1.29 is 28.6 Å². The van der Waals surface area contributed by atoms with Gasteiger partial charge in [0.1, 0.15) is 6.61 Å². The highest BCUT2D eigenvalue weighted by molar-refractivity contribution is 5.96. The van der Waals surface area contributed by atoms with E-state index in [-0.39, 0.29) is 37.5 Å². The second kappa shape index (κ2) is 10.2. The van der Waals surface area contributed by atoms with E-state index in [0.29, 0.717) is 0 Å². The van der Waals surface area contributed by atoms with Crippen molar-refractivity contribution in [3.05, 3.63) is 71.8 Å². The van der Waals surface area contributed by atoms with Crippen LogP contribution in [0.2, 0.25) is 0 Å². The zero-order chi connectivity index (χ0) is 25.2. The first-order chi connectivity index (χ1) is 16.8. The Bertz CT molecular complexity index is 1060. The maximum atomic E-state index is 14.1. The minimum Gasteiger partial charge on any atom is -0.464 e. The van der Waals surface area contributed by atoms with Crippen molar-refractivity contribution in [1.82, 2.24) is 4.90 Å². The van der Waals surface area contributed by atoms with Crippen molar-refractivity contribution in [3.63, 3.8) is 0 Å². The van der Waals surface area contributed by atoms with Crippen LogP contribution in [0.4, 0.5) is 4.79 Å². The van der Waals surface area contributed by atoms with Gasteiger partial charge in [0.2, 0.25) is 5.91 Å². The van der Waals surface area contributed by atoms with Gasteiger partial charge in [-0.3, -0.25) is 4.79 Å². The number of imide groups is 1. The third-order valence-corrected chi connectivity index (χ3v) is 7.19. The highest BCUT2D eigenvalue weighted by atomic mass is 16.6. The molecule has 0 aromatic heterocycles. The van der Waals surface area contributed by atoms with Crippen molar-refractivity contribution >= 4 is 18.0 Å². The molecule has 0 spiro atoms. The van der Waals surface area contributed by atoms with E-state index < -0.39 is 35.6 Å². The van der Waals surface area contributed by atoms with Crippen LogP contribution in [-0.4, -0.2) is 47.7 Å². The van der Waals surface area contributed by atoms with Gasteiger partial charge in [-0.2, -0.15) is 0 Å². The van der Waals surface area contributed by atoms with E-state index in [9.17, 15) is 14.4 Å². The van der Waals surface area contributed by atoms with E-state index in [0.717, 1.165) is 11.1 Å². The Morgan fingerprint density at radius 2 is 1.71 bits per heavy atom. The van der Waals surface area contributed by atoms with Crippen molar-refractivity contribution in [1.29, 1.82) is 0 Å². The summed E-state index contributed by atoms with van der Waals surface area (Å²) in [5, 5.41) is 0. The minimum atomic E-state index is -1.39. The number of hydrogen-bond acceptors (Lipinski definition) is 6. The standard InChI is InChI=1S/C28H33NO6/c1-5-33-26(31)28(16-20-12-8-6-9-13-20)19(4)23(24(35-28)21-14-10-7-11-15-21)25(30)29-22(18(2)3)17-34-27(29)32/h6-15,18-19,22-24H,5,16-17H2,1-4H3/t19-,22+,23-,24-,28-/m0/s1. The summed E-state index contributed by atoms with van der Waals surface area (Å²) in [6, 6.07) is 18.6. The lowest BCUT2D eigenvalue weighted by atomic mass is 9.75. The molecule has 7 heteroatoms. The van der Waals surface area contributed by atoms with Crippen LogP contribution in [0.1, 0.15) is 44.9 Å². The van der Waals surface area contributed by atoms with Crippen LogP contribution < -0.4 is 0 Å². The number of amides is 2. The maximum absolute atomic E-state index is 14.1. The van der Waals surface area contributed by atoms with Gasteiger partial charge in [0.15, 0.2) is 5.60 Å². The number of carbonyl (C=O) groups excluding carboxylic acids is 3. The van der Waals surface area contributed by atoms with Gasteiger partial charge in [-0.1, -0.05) is 81.4 Å². The maximum Gasteiger partial charge on any atom is 0.416 e. The van der Waals surface area contributed by atoms with Crippen LogP contribution in [0.25, 0.3) is 0 Å². The Labute approximate surface area is 206 Å². The number of carbonyl (C=O) groups is 3. The lowest BCUT2D eigenvalue weighted by Crippen LogP contribution is -2.50. The number of hydrogen-bond donors (Lipinski definition) is 0. The highest BCUT2D eigenvalue weighted by Gasteiger charge is 2.62. The van der Waals surface area contributed by atoms with Crippen molar-refractivity contribution in [2.45, 2.75) is 51.9 Å². The molecule has 0 saturated carbocycles. The summed E-state index contributed by atoms with van der Waals surface area (Å²) in [4.78, 5) is 41.5. The first kappa shape index (κ1) is 24.9. The van der Waals surface area contributed by atoms with E-state index in [1.165, 1.54) is 4.90 Å². The van der Waals surface area contributed by atoms with Crippen LogP contribution in [0, 0.1) is 17.8 Å². The second-order valence-corrected chi connectivity index (χ2v) is 9.63. The fourth-order valence-corrected chi connectivity index (χ4v) is 5.22. The summed E-state index contributed by atoms with van der Waals surface area (Å²) >= 11 is 0. The molecule has 0 radical (unpaired) electrons. The highest BCUT2D eigenvalue weighted by Crippen LogP contribution is 2.51. The molecule has 0 bridgehead atoms. The Morgan fingerprint density at radius 3 is 2.31 bits per heavy atom. The molecule has 186 valence electrons. The first-order valence-corrected chi connectivity index (χ1v) is 12.2. The number of nitrogens with zero attached hydrogens (tertiary/aromatic N) is 1. The molecule has 35 heavy (non-hydrogen) atoms. The summed E-state index contributed by atoms with van der Waals surface area (Å²) in [5.41, 5.74) is 0.272. The first-order valence-electron chi connectivity index (χ1n) is 12.2. The van der Waals surface area contributed by atoms with Crippen molar-refractivity contribution in [2.24, 2.45) is 17.8 Å². The smallest absolute Gasteiger partial charge is 0.416 e. The largest absolute Gasteiger partial charge is 0.464 e. The molecule has 4 rings (SSSR count). The lowest BCUT2D eigenvalue weighted by molar-refractivity contribution is -0.174. The van der Waals surface area contributed by atoms with Gasteiger partial charge in [0.25, 0.3) is 0 Å². The van der Waals surface area contributed by atoms with Gasteiger partial charge in [0.05, 0.1) is 24.7 Å². The van der Waals surface area contributed by atoms with Crippen LogP contribution in [0.3, 0.4) is 0 Å². The van der Waals surface area contributed by atoms with Crippen LogP contribution in [0.5, 0.6) is 0 Å². The molecule has 2 saturated heterocycles. The SMILES string of the molecule is CCOC(=O)[C@@]1(Cc2ccccc2)O[C@@H](c2ccccc2)[C@@H](C(=O)N2C(=O)OC[C@@H]2C(C)C)[C@@H]1C. The van der Waals surface area contributed by atoms with E-state index in [4.69, 9.17) is 14.2 Å². The molecule has 2 fully saturated rings. The van der Waals surface area contributed by atoms with E-state index in [2.05, 4.69) is 0 Å². The van der Waals surface area contributed by atoms with E-state index in [1.807, 2.05) is 81.4 Å². The molecular weight excluding hydrogens is 446 g/mol. The topological polar surface area (TPSA) is 82.1 Å². The van der Waals surface area contributed by atoms with Gasteiger partial charge in [-0.05, 0) is 24.0 Å². The number of esters is 1. The summed E-state index contributed by atoms with van der Waals surface area (Å²) in [7, 11) is 0. The summed E-state index contributed by atoms with van der Waals surface area (Å²) in [5.74, 6) is -2.21. The van der Waals surface area contributed by atoms with Gasteiger partial charge in [0, 0.05) is 12.3 Å². The van der Waals surface area contributed by atoms with Crippen LogP contribution in [-0.2, 0) is 30.2 Å². The van der Waals surface area contributed by atoms with Gasteiger partial charge < -0.3 is 14.2 Å². The molecule has 2 aromatic carbocycles. The van der Waals surface area contributed by atoms with Gasteiger partial charge >= 0.3 is 12.1 Å². The third kappa shape index (κ3) is 4.57. The third-order valence-electron chi connectivity index (χ3n) is 7.19. The number of ether oxygens (including phenoxy) is 3. The molecule has 0 N–H and O–H groups in total. The quantitative estimate of drug-likeness (QED) is 0.542. The van der Waals surface area contributed by atoms with E-state index in [1.54, 1.807) is 6.92 Å². The molecule has 2 heterocycles. The normalized spacial score (nSPS) is 28.3. The monoisotopic (exact) mass is 479 g/mol. The molecule has 2 amide bonds. The predicted octanol–water partition coefficient (Wildman–Crippen LogP) is 4.56. The molecule has 2 aliphatic heterocycles. The molecule has 2 aromatic rings. The predicted molar refractivity (Wildman–Crippen MR) is 129 cm³/mol. The number of rotatable bonds is 7. The lowest BCUT2D eigenvalue weighted by Gasteiger charge is -2.32. The van der Waals surface area contributed by atoms with Crippen molar-refractivity contribution in [3.8, 4) is 0 Å². The van der Waals surface area contributed by atoms with Crippen LogP contribution in [0.15, 0.2) is 60.7 Å². The average molecular weight is 480 g/mol. The Morgan fingerprint density at radius 1 is 1.09 bits per heavy atom. The Kier molecular flexibility index (Phi) is 7.26. The Balaban J connectivity index is 1.81.